The Morgan fingerprint density at radius 1 is 0.848 bits per heavy atom. The summed E-state index contributed by atoms with van der Waals surface area (Å²) in [4.78, 5) is 4.76. The molecule has 0 fully saturated rings. The first-order valence-electron chi connectivity index (χ1n) is 12.1. The van der Waals surface area contributed by atoms with Gasteiger partial charge in [-0.3, -0.25) is 0 Å². The van der Waals surface area contributed by atoms with Crippen LogP contribution in [-0.2, 0) is 5.41 Å². The normalized spacial score (nSPS) is 13.0. The molecule has 3 heteroatoms. The molecule has 0 radical (unpaired) electrons. The van der Waals surface area contributed by atoms with Crippen LogP contribution >= 0.6 is 0 Å². The number of rotatable bonds is 3. The fourth-order valence-corrected chi connectivity index (χ4v) is 7.60. The van der Waals surface area contributed by atoms with Gasteiger partial charge in [-0.25, -0.2) is 0 Å². The number of benzene rings is 3. The van der Waals surface area contributed by atoms with E-state index in [2.05, 4.69) is 107 Å². The number of nitrogens with zero attached hydrogens (tertiary/aromatic N) is 1. The van der Waals surface area contributed by atoms with E-state index in [9.17, 15) is 0 Å². The Hall–Kier alpha value is -2.45. The molecular weight excluding hydrogens is 481 g/mol. The Morgan fingerprint density at radius 3 is 2.39 bits per heavy atom. The number of pyridine rings is 1. The Labute approximate surface area is 205 Å². The van der Waals surface area contributed by atoms with E-state index in [1.165, 1.54) is 25.8 Å². The van der Waals surface area contributed by atoms with E-state index in [-0.39, 0.29) is 19.9 Å². The summed E-state index contributed by atoms with van der Waals surface area (Å²) in [7, 11) is -1.41. The predicted octanol–water partition coefficient (Wildman–Crippen LogP) is 7.62. The molecule has 5 rings (SSSR count). The van der Waals surface area contributed by atoms with Gasteiger partial charge in [0, 0.05) is 0 Å². The average molecular weight is 514 g/mol. The predicted molar refractivity (Wildman–Crippen MR) is 149 cm³/mol. The van der Waals surface area contributed by atoms with Crippen molar-refractivity contribution in [2.24, 2.45) is 0 Å². The minimum absolute atomic E-state index is 0.0361. The summed E-state index contributed by atoms with van der Waals surface area (Å²) in [6.45, 7) is 13.9. The van der Waals surface area contributed by atoms with Crippen molar-refractivity contribution >= 4 is 48.2 Å². The molecule has 0 aliphatic rings. The number of hydrogen-bond donors (Lipinski definition) is 0. The number of hydrogen-bond acceptors (Lipinski definition) is 1. The summed E-state index contributed by atoms with van der Waals surface area (Å²) in [6, 6.07) is 25.0. The molecule has 0 amide bonds. The molecule has 0 spiro atoms. The van der Waals surface area contributed by atoms with E-state index >= 15 is 0 Å². The van der Waals surface area contributed by atoms with Gasteiger partial charge in [0.1, 0.15) is 0 Å². The molecule has 33 heavy (non-hydrogen) atoms. The quantitative estimate of drug-likeness (QED) is 0.226. The molecule has 0 unspecified atom stereocenters. The molecule has 2 heterocycles. The van der Waals surface area contributed by atoms with Gasteiger partial charge in [-0.05, 0) is 0 Å². The van der Waals surface area contributed by atoms with Crippen LogP contribution in [0.4, 0.5) is 0 Å². The van der Waals surface area contributed by atoms with Crippen LogP contribution in [0.3, 0.4) is 0 Å². The maximum absolute atomic E-state index is 9.00. The van der Waals surface area contributed by atoms with Gasteiger partial charge in [-0.15, -0.1) is 0 Å². The molecule has 0 atom stereocenters. The van der Waals surface area contributed by atoms with Crippen molar-refractivity contribution in [3.05, 3.63) is 84.5 Å². The van der Waals surface area contributed by atoms with E-state index in [4.69, 9.17) is 6.35 Å². The van der Waals surface area contributed by atoms with E-state index < -0.39 is 8.07 Å². The van der Waals surface area contributed by atoms with E-state index in [1.807, 2.05) is 6.20 Å². The van der Waals surface area contributed by atoms with Crippen LogP contribution in [0.2, 0.25) is 19.6 Å². The van der Waals surface area contributed by atoms with Crippen LogP contribution in [-0.4, -0.2) is 27.6 Å². The topological polar surface area (TPSA) is 12.9 Å². The number of fused-ring (bicyclic) bond motifs is 2. The Kier molecular flexibility index (Phi) is 5.18. The first-order chi connectivity index (χ1) is 16.0. The molecule has 0 bridgehead atoms. The van der Waals surface area contributed by atoms with Gasteiger partial charge in [0.05, 0.1) is 0 Å². The van der Waals surface area contributed by atoms with Crippen LogP contribution < -0.4 is 5.19 Å². The van der Waals surface area contributed by atoms with Crippen LogP contribution in [0.5, 0.6) is 0 Å². The van der Waals surface area contributed by atoms with Crippen molar-refractivity contribution in [3.8, 4) is 21.3 Å². The van der Waals surface area contributed by atoms with Crippen molar-refractivity contribution in [1.29, 1.82) is 0 Å². The van der Waals surface area contributed by atoms with E-state index in [1.54, 1.807) is 0 Å². The van der Waals surface area contributed by atoms with Crippen molar-refractivity contribution in [2.45, 2.75) is 45.8 Å². The van der Waals surface area contributed by atoms with Crippen LogP contribution in [0.25, 0.3) is 41.7 Å². The van der Waals surface area contributed by atoms with Crippen molar-refractivity contribution < 1.29 is 1.37 Å². The second-order valence-corrected chi connectivity index (χ2v) is 18.2. The van der Waals surface area contributed by atoms with Gasteiger partial charge >= 0.3 is 206 Å². The fourth-order valence-electron chi connectivity index (χ4n) is 4.38. The first kappa shape index (κ1) is 21.1. The van der Waals surface area contributed by atoms with Gasteiger partial charge in [-0.1, -0.05) is 0 Å². The number of aromatic nitrogens is 1. The molecule has 0 N–H and O–H groups in total. The fraction of sp³-hybridized carbons (Fsp3) is 0.233. The third-order valence-electron chi connectivity index (χ3n) is 6.29. The molecule has 0 saturated carbocycles. The molecule has 166 valence electrons. The average Bonchev–Trinajstić information content (AvgIpc) is 3.13. The zero-order chi connectivity index (χ0) is 24.3. The van der Waals surface area contributed by atoms with E-state index in [0.717, 1.165) is 26.6 Å². The molecule has 0 aliphatic carbocycles. The maximum atomic E-state index is 9.00. The summed E-state index contributed by atoms with van der Waals surface area (Å²) in [5.41, 5.74) is 4.62. The summed E-state index contributed by atoms with van der Waals surface area (Å²) in [5.74, 6) is 0. The molecule has 2 aromatic heterocycles. The monoisotopic (exact) mass is 514 g/mol. The third kappa shape index (κ3) is 4.38. The van der Waals surface area contributed by atoms with Crippen LogP contribution in [0.1, 0.15) is 27.7 Å². The van der Waals surface area contributed by atoms with Gasteiger partial charge in [-0.2, -0.15) is 0 Å². The second kappa shape index (κ2) is 8.09. The van der Waals surface area contributed by atoms with Gasteiger partial charge < -0.3 is 0 Å². The van der Waals surface area contributed by atoms with Gasteiger partial charge in [0.25, 0.3) is 0 Å². The van der Waals surface area contributed by atoms with Crippen LogP contribution in [0.15, 0.2) is 79.0 Å². The molecule has 5 aromatic rings. The van der Waals surface area contributed by atoms with Gasteiger partial charge in [0.2, 0.25) is 0 Å². The molecule has 3 aromatic carbocycles. The second-order valence-electron chi connectivity index (χ2n) is 10.9. The van der Waals surface area contributed by atoms with Crippen molar-refractivity contribution in [1.82, 2.24) is 4.98 Å². The third-order valence-corrected chi connectivity index (χ3v) is 10.7. The van der Waals surface area contributed by atoms with E-state index in [0.29, 0.717) is 6.04 Å². The minimum atomic E-state index is -1.41. The summed E-state index contributed by atoms with van der Waals surface area (Å²) < 4.78 is 11.5. The Bertz CT molecular complexity index is 1540. The van der Waals surface area contributed by atoms with Crippen molar-refractivity contribution in [3.63, 3.8) is 0 Å². The zero-order valence-electron chi connectivity index (χ0n) is 21.3. The summed E-state index contributed by atoms with van der Waals surface area (Å²) in [5, 5.41) is 5.11. The Morgan fingerprint density at radius 2 is 1.64 bits per heavy atom. The van der Waals surface area contributed by atoms with Gasteiger partial charge in [0.15, 0.2) is 0 Å². The molecule has 0 aliphatic heterocycles. The standard InChI is InChI=1S/C30H31NSeSi/c1-30(2,3)26-17-22(15-20-9-7-8-10-25(20)26)27-18-21(13-14-31-27)29-19-23-16-24(33(4,5)6)11-12-28(23)32-29/h7-19H,1-6H3/i19D. The summed E-state index contributed by atoms with van der Waals surface area (Å²) >= 11 is 0.142. The molecular formula is C30H31NSeSi. The van der Waals surface area contributed by atoms with Crippen LogP contribution in [0, 0.1) is 0 Å². The summed E-state index contributed by atoms with van der Waals surface area (Å²) in [6.07, 6.45) is 1.91. The SMILES string of the molecule is [2H]c1c(-c2ccnc(-c3cc(C(C)(C)C)c4ccccc4c3)c2)[se]c2ccc([Si](C)(C)C)cc12. The molecule has 0 saturated heterocycles. The van der Waals surface area contributed by atoms with Crippen molar-refractivity contribution in [2.75, 3.05) is 0 Å². The molecule has 1 nitrogen and oxygen atoms in total. The zero-order valence-corrected chi connectivity index (χ0v) is 23.0. The Balaban J connectivity index is 1.65. The first-order valence-corrected chi connectivity index (χ1v) is 16.8.